The number of nitrogens with zero attached hydrogens (tertiary/aromatic N) is 2. The Morgan fingerprint density at radius 1 is 1.32 bits per heavy atom. The summed E-state index contributed by atoms with van der Waals surface area (Å²) in [6.45, 7) is 5.15. The van der Waals surface area contributed by atoms with Crippen LogP contribution in [-0.4, -0.2) is 49.1 Å². The fourth-order valence-electron chi connectivity index (χ4n) is 4.22. The fraction of sp³-hybridized carbons (Fsp3) is 0.429. The van der Waals surface area contributed by atoms with Gasteiger partial charge >= 0.3 is 0 Å². The van der Waals surface area contributed by atoms with Gasteiger partial charge < -0.3 is 15.4 Å². The molecule has 1 amide bonds. The van der Waals surface area contributed by atoms with Gasteiger partial charge in [-0.25, -0.2) is 4.98 Å². The lowest BCUT2D eigenvalue weighted by Crippen LogP contribution is -2.47. The minimum Gasteiger partial charge on any atom is -0.491 e. The summed E-state index contributed by atoms with van der Waals surface area (Å²) in [6.07, 6.45) is 3.33. The average molecular weight is 401 g/mol. The highest BCUT2D eigenvalue weighted by atomic mass is 35.5. The van der Waals surface area contributed by atoms with Gasteiger partial charge in [-0.2, -0.15) is 0 Å². The maximum Gasteiger partial charge on any atom is 0.235 e. The van der Waals surface area contributed by atoms with Crippen LogP contribution in [0, 0.1) is 6.92 Å². The van der Waals surface area contributed by atoms with Crippen LogP contribution < -0.4 is 15.4 Å². The Bertz CT molecular complexity index is 894. The van der Waals surface area contributed by atoms with E-state index in [1.54, 1.807) is 6.20 Å². The second kappa shape index (κ2) is 7.60. The number of ether oxygens (including phenoxy) is 1. The Morgan fingerprint density at radius 3 is 2.82 bits per heavy atom. The second-order valence-electron chi connectivity index (χ2n) is 7.50. The number of likely N-dealkylation sites (tertiary alicyclic amines) is 1. The number of rotatable bonds is 5. The molecule has 2 aromatic rings. The molecule has 7 heteroatoms. The Kier molecular flexibility index (Phi) is 5.17. The van der Waals surface area contributed by atoms with Crippen molar-refractivity contribution in [3.8, 4) is 5.75 Å². The summed E-state index contributed by atoms with van der Waals surface area (Å²) in [4.78, 5) is 19.4. The Balaban J connectivity index is 1.33. The van der Waals surface area contributed by atoms with E-state index >= 15 is 0 Å². The van der Waals surface area contributed by atoms with E-state index in [-0.39, 0.29) is 5.91 Å². The summed E-state index contributed by atoms with van der Waals surface area (Å²) in [6, 6.07) is 7.66. The minimum atomic E-state index is -0.443. The first kappa shape index (κ1) is 19.0. The highest BCUT2D eigenvalue weighted by molar-refractivity contribution is 6.31. The summed E-state index contributed by atoms with van der Waals surface area (Å²) in [7, 11) is 1.86. The quantitative estimate of drug-likeness (QED) is 0.804. The number of aryl methyl sites for hydroxylation is 1. The van der Waals surface area contributed by atoms with Crippen LogP contribution in [0.2, 0.25) is 5.02 Å². The number of carbonyl (C=O) groups is 1. The molecule has 0 unspecified atom stereocenters. The number of anilines is 2. The van der Waals surface area contributed by atoms with Crippen LogP contribution in [0.3, 0.4) is 0 Å². The van der Waals surface area contributed by atoms with Crippen LogP contribution in [0.5, 0.6) is 5.75 Å². The molecular weight excluding hydrogens is 376 g/mol. The highest BCUT2D eigenvalue weighted by Crippen LogP contribution is 2.45. The molecule has 0 atom stereocenters. The van der Waals surface area contributed by atoms with E-state index < -0.39 is 5.41 Å². The summed E-state index contributed by atoms with van der Waals surface area (Å²) in [5.74, 6) is 1.75. The number of hydrogen-bond acceptors (Lipinski definition) is 5. The number of benzene rings is 1. The average Bonchev–Trinajstić information content (AvgIpc) is 2.95. The molecule has 0 bridgehead atoms. The molecule has 2 aliphatic rings. The molecule has 148 valence electrons. The molecule has 28 heavy (non-hydrogen) atoms. The smallest absolute Gasteiger partial charge is 0.235 e. The van der Waals surface area contributed by atoms with E-state index in [4.69, 9.17) is 16.3 Å². The molecule has 0 aliphatic carbocycles. The fourth-order valence-corrected chi connectivity index (χ4v) is 4.39. The van der Waals surface area contributed by atoms with E-state index in [9.17, 15) is 4.79 Å². The monoisotopic (exact) mass is 400 g/mol. The normalized spacial score (nSPS) is 18.0. The number of halogens is 1. The van der Waals surface area contributed by atoms with Gasteiger partial charge in [0.2, 0.25) is 5.91 Å². The number of carbonyl (C=O) groups excluding carboxylic acids is 1. The van der Waals surface area contributed by atoms with Gasteiger partial charge in [-0.1, -0.05) is 11.6 Å². The zero-order valence-corrected chi connectivity index (χ0v) is 17.0. The van der Waals surface area contributed by atoms with Gasteiger partial charge in [-0.05, 0) is 68.2 Å². The van der Waals surface area contributed by atoms with Gasteiger partial charge in [-0.3, -0.25) is 9.69 Å². The number of nitrogens with one attached hydrogen (secondary N) is 2. The number of piperidine rings is 1. The molecule has 1 aromatic carbocycles. The Hall–Kier alpha value is -2.31. The van der Waals surface area contributed by atoms with Gasteiger partial charge in [-0.15, -0.1) is 0 Å². The molecule has 1 spiro atoms. The molecule has 1 saturated heterocycles. The van der Waals surface area contributed by atoms with Crippen LogP contribution in [0.15, 0.2) is 30.5 Å². The van der Waals surface area contributed by atoms with Gasteiger partial charge in [0, 0.05) is 24.3 Å². The van der Waals surface area contributed by atoms with Crippen molar-refractivity contribution in [3.05, 3.63) is 46.6 Å². The zero-order chi connectivity index (χ0) is 19.7. The topological polar surface area (TPSA) is 66.5 Å². The van der Waals surface area contributed by atoms with E-state index in [0.29, 0.717) is 11.6 Å². The van der Waals surface area contributed by atoms with Gasteiger partial charge in [0.05, 0.1) is 11.6 Å². The lowest BCUT2D eigenvalue weighted by atomic mass is 9.73. The molecule has 0 saturated carbocycles. The van der Waals surface area contributed by atoms with Gasteiger partial charge in [0.25, 0.3) is 0 Å². The van der Waals surface area contributed by atoms with Crippen molar-refractivity contribution >= 4 is 29.0 Å². The largest absolute Gasteiger partial charge is 0.491 e. The standard InChI is InChI=1S/C21H25ClN4O2/c1-14-11-16(13-24-19(14)23-2)28-10-9-26-7-5-21(6-8-26)17-12-15(22)3-4-18(17)25-20(21)27/h3-4,11-13H,5-10H2,1-2H3,(H,23,24)(H,25,27). The van der Waals surface area contributed by atoms with E-state index in [1.165, 1.54) is 0 Å². The number of amides is 1. The maximum absolute atomic E-state index is 12.7. The van der Waals surface area contributed by atoms with E-state index in [2.05, 4.69) is 20.5 Å². The van der Waals surface area contributed by atoms with E-state index in [0.717, 1.165) is 60.9 Å². The van der Waals surface area contributed by atoms with Crippen LogP contribution in [0.25, 0.3) is 0 Å². The molecule has 6 nitrogen and oxygen atoms in total. The van der Waals surface area contributed by atoms with Crippen molar-refractivity contribution in [3.63, 3.8) is 0 Å². The first-order chi connectivity index (χ1) is 13.5. The van der Waals surface area contributed by atoms with Crippen molar-refractivity contribution in [1.29, 1.82) is 0 Å². The Labute approximate surface area is 170 Å². The molecule has 1 aromatic heterocycles. The van der Waals surface area contributed by atoms with Crippen LogP contribution >= 0.6 is 11.6 Å². The molecule has 2 aliphatic heterocycles. The first-order valence-corrected chi connectivity index (χ1v) is 10.0. The summed E-state index contributed by atoms with van der Waals surface area (Å²) in [5, 5.41) is 6.76. The molecule has 3 heterocycles. The van der Waals surface area contributed by atoms with Crippen molar-refractivity contribution < 1.29 is 9.53 Å². The number of fused-ring (bicyclic) bond motifs is 2. The molecule has 0 radical (unpaired) electrons. The van der Waals surface area contributed by atoms with Crippen molar-refractivity contribution in [2.24, 2.45) is 0 Å². The maximum atomic E-state index is 12.7. The van der Waals surface area contributed by atoms with Crippen molar-refractivity contribution in [1.82, 2.24) is 9.88 Å². The van der Waals surface area contributed by atoms with Crippen LogP contribution in [0.4, 0.5) is 11.5 Å². The van der Waals surface area contributed by atoms with E-state index in [1.807, 2.05) is 38.2 Å². The van der Waals surface area contributed by atoms with Crippen molar-refractivity contribution in [2.75, 3.05) is 43.9 Å². The second-order valence-corrected chi connectivity index (χ2v) is 7.94. The lowest BCUT2D eigenvalue weighted by Gasteiger charge is -2.37. The SMILES string of the molecule is CNc1ncc(OCCN2CCC3(CC2)C(=O)Nc2ccc(Cl)cc23)cc1C. The predicted octanol–water partition coefficient (Wildman–Crippen LogP) is 3.45. The third kappa shape index (κ3) is 3.42. The van der Waals surface area contributed by atoms with Gasteiger partial charge in [0.1, 0.15) is 18.2 Å². The molecule has 2 N–H and O–H groups in total. The summed E-state index contributed by atoms with van der Waals surface area (Å²) < 4.78 is 5.87. The highest BCUT2D eigenvalue weighted by Gasteiger charge is 2.48. The molecular formula is C21H25ClN4O2. The summed E-state index contributed by atoms with van der Waals surface area (Å²) in [5.41, 5.74) is 2.57. The van der Waals surface area contributed by atoms with Crippen molar-refractivity contribution in [2.45, 2.75) is 25.2 Å². The lowest BCUT2D eigenvalue weighted by molar-refractivity contribution is -0.122. The third-order valence-corrected chi connectivity index (χ3v) is 6.09. The van der Waals surface area contributed by atoms with Crippen LogP contribution in [-0.2, 0) is 10.2 Å². The Morgan fingerprint density at radius 2 is 2.11 bits per heavy atom. The minimum absolute atomic E-state index is 0.104. The van der Waals surface area contributed by atoms with Crippen LogP contribution in [0.1, 0.15) is 24.0 Å². The summed E-state index contributed by atoms with van der Waals surface area (Å²) >= 11 is 6.18. The predicted molar refractivity (Wildman–Crippen MR) is 111 cm³/mol. The number of pyridine rings is 1. The molecule has 4 rings (SSSR count). The molecule has 1 fully saturated rings. The first-order valence-electron chi connectivity index (χ1n) is 9.63. The zero-order valence-electron chi connectivity index (χ0n) is 16.2. The van der Waals surface area contributed by atoms with Gasteiger partial charge in [0.15, 0.2) is 0 Å². The number of aromatic nitrogens is 1. The number of hydrogen-bond donors (Lipinski definition) is 2. The third-order valence-electron chi connectivity index (χ3n) is 5.86.